The Labute approximate surface area is 392 Å². The molecule has 5 amide bonds. The fraction of sp³-hybridized carbons (Fsp3) is 0.729. The molecule has 1 aromatic rings. The number of carboxylic acids is 2. The van der Waals surface area contributed by atoms with Gasteiger partial charge in [-0.1, -0.05) is 85.2 Å². The topological polar surface area (TPSA) is 227 Å². The lowest BCUT2D eigenvalue weighted by Crippen LogP contribution is -2.60. The first-order chi connectivity index (χ1) is 31.0. The highest BCUT2D eigenvalue weighted by Crippen LogP contribution is 2.30. The van der Waals surface area contributed by atoms with Crippen LogP contribution in [0.3, 0.4) is 0 Å². The molecule has 9 atom stereocenters. The number of carbonyl (C=O) groups is 7. The van der Waals surface area contributed by atoms with Crippen LogP contribution in [0, 0.1) is 23.7 Å². The standard InChI is InChI=1S/C48H81N7O11/c1-14-32(8)43(53(11)48(64)41(29(2)3)51-47(63)42(30(4)5)52(10)31(6)7)37(65-12)26-38(56)55-23-18-21-36(55)44(66-13)33(9)45(61)50-35(25-34-19-16-15-17-20-34)46(62)49-22-24-54(27-39(57)58)28-40(59)60/h15-17,19-20,29-33,35-37,41-44H,14,18,21-28H2,1-13H3,(H,49,62)(H,50,61)(H,51,63)(H,57,58)(H,59,60)/t32-,33+,35-,36-,37+,41-,42-,43-,44+/m0/s1. The highest BCUT2D eigenvalue weighted by molar-refractivity contribution is 5.91. The molecule has 0 saturated carbocycles. The molecule has 0 spiro atoms. The van der Waals surface area contributed by atoms with Gasteiger partial charge in [-0.3, -0.25) is 43.4 Å². The van der Waals surface area contributed by atoms with Crippen LogP contribution in [0.15, 0.2) is 30.3 Å². The summed E-state index contributed by atoms with van der Waals surface area (Å²) in [6, 6.07) is 5.87. The molecule has 0 aliphatic carbocycles. The molecule has 1 aliphatic rings. The zero-order valence-electron chi connectivity index (χ0n) is 41.7. The Bertz CT molecular complexity index is 1710. The summed E-state index contributed by atoms with van der Waals surface area (Å²) in [6.45, 7) is 16.8. The van der Waals surface area contributed by atoms with Gasteiger partial charge in [-0.05, 0) is 57.1 Å². The van der Waals surface area contributed by atoms with E-state index in [9.17, 15) is 43.8 Å². The number of nitrogens with one attached hydrogen (secondary N) is 3. The fourth-order valence-corrected chi connectivity index (χ4v) is 8.98. The first-order valence-corrected chi connectivity index (χ1v) is 23.4. The summed E-state index contributed by atoms with van der Waals surface area (Å²) in [5.41, 5.74) is 0.772. The number of methoxy groups -OCH3 is 2. The lowest BCUT2D eigenvalue weighted by molar-refractivity contribution is -0.148. The number of hydrogen-bond acceptors (Lipinski definition) is 11. The Hall–Kier alpha value is -4.65. The van der Waals surface area contributed by atoms with E-state index in [2.05, 4.69) is 16.0 Å². The Morgan fingerprint density at radius 2 is 1.42 bits per heavy atom. The third-order valence-corrected chi connectivity index (χ3v) is 13.0. The van der Waals surface area contributed by atoms with Gasteiger partial charge in [-0.25, -0.2) is 0 Å². The molecule has 1 fully saturated rings. The van der Waals surface area contributed by atoms with Gasteiger partial charge in [0.2, 0.25) is 29.5 Å². The van der Waals surface area contributed by atoms with Gasteiger partial charge in [0.1, 0.15) is 12.1 Å². The van der Waals surface area contributed by atoms with Crippen LogP contribution >= 0.6 is 0 Å². The summed E-state index contributed by atoms with van der Waals surface area (Å²) in [4.78, 5) is 99.5. The van der Waals surface area contributed by atoms with Crippen LogP contribution in [0.4, 0.5) is 0 Å². The number of rotatable bonds is 29. The number of amides is 5. The van der Waals surface area contributed by atoms with E-state index in [4.69, 9.17) is 9.47 Å². The van der Waals surface area contributed by atoms with Crippen molar-refractivity contribution < 1.29 is 53.2 Å². The van der Waals surface area contributed by atoms with Gasteiger partial charge in [0.05, 0.1) is 55.8 Å². The average molecular weight is 932 g/mol. The largest absolute Gasteiger partial charge is 0.480 e. The van der Waals surface area contributed by atoms with Gasteiger partial charge in [0.25, 0.3) is 0 Å². The quantitative estimate of drug-likeness (QED) is 0.0780. The van der Waals surface area contributed by atoms with E-state index in [1.165, 1.54) is 19.1 Å². The van der Waals surface area contributed by atoms with E-state index in [0.29, 0.717) is 25.8 Å². The number of benzene rings is 1. The first kappa shape index (κ1) is 57.5. The second-order valence-corrected chi connectivity index (χ2v) is 18.8. The van der Waals surface area contributed by atoms with E-state index < -0.39 is 85.2 Å². The van der Waals surface area contributed by atoms with Crippen LogP contribution in [0.1, 0.15) is 93.6 Å². The molecular formula is C48H81N7O11. The molecule has 1 aromatic carbocycles. The Balaban J connectivity index is 2.31. The van der Waals surface area contributed by atoms with Crippen LogP contribution in [0.2, 0.25) is 0 Å². The molecule has 18 nitrogen and oxygen atoms in total. The zero-order valence-corrected chi connectivity index (χ0v) is 41.7. The van der Waals surface area contributed by atoms with Crippen molar-refractivity contribution in [2.24, 2.45) is 23.7 Å². The van der Waals surface area contributed by atoms with Crippen LogP contribution in [0.5, 0.6) is 0 Å². The highest BCUT2D eigenvalue weighted by Gasteiger charge is 2.43. The number of likely N-dealkylation sites (N-methyl/N-ethyl adjacent to an activating group) is 2. The third kappa shape index (κ3) is 16.9. The predicted molar refractivity (Wildman–Crippen MR) is 251 cm³/mol. The third-order valence-electron chi connectivity index (χ3n) is 13.0. The molecule has 2 rings (SSSR count). The van der Waals surface area contributed by atoms with Gasteiger partial charge < -0.3 is 45.4 Å². The summed E-state index contributed by atoms with van der Waals surface area (Å²) < 4.78 is 12.0. The normalized spacial score (nSPS) is 17.8. The SMILES string of the molecule is CC[C@H](C)[C@@H]([C@@H](CC(=O)N1CCC[C@H]1[C@H](OC)[C@@H](C)C(=O)N[C@@H](Cc1ccccc1)C(=O)NCCN(CC(=O)O)CC(=O)O)OC)N(C)C(=O)[C@@H](NC(=O)[C@H](C(C)C)N(C)C(C)C)C(C)C. The number of nitrogens with zero attached hydrogens (tertiary/aromatic N) is 4. The Kier molecular flexibility index (Phi) is 24.3. The number of ether oxygens (including phenoxy) is 2. The molecular weight excluding hydrogens is 851 g/mol. The number of hydrogen-bond donors (Lipinski definition) is 5. The van der Waals surface area contributed by atoms with Crippen molar-refractivity contribution in [2.75, 3.05) is 61.0 Å². The Morgan fingerprint density at radius 1 is 0.818 bits per heavy atom. The van der Waals surface area contributed by atoms with Crippen molar-refractivity contribution in [2.45, 2.75) is 143 Å². The summed E-state index contributed by atoms with van der Waals surface area (Å²) >= 11 is 0. The van der Waals surface area contributed by atoms with E-state index in [1.54, 1.807) is 23.8 Å². The lowest BCUT2D eigenvalue weighted by atomic mass is 9.89. The maximum absolute atomic E-state index is 14.5. The second kappa shape index (κ2) is 27.9. The zero-order chi connectivity index (χ0) is 50.0. The number of likely N-dealkylation sites (tertiary alicyclic amines) is 1. The van der Waals surface area contributed by atoms with Crippen molar-refractivity contribution in [3.63, 3.8) is 0 Å². The first-order valence-electron chi connectivity index (χ1n) is 23.4. The average Bonchev–Trinajstić information content (AvgIpc) is 3.74. The van der Waals surface area contributed by atoms with Gasteiger partial charge in [-0.15, -0.1) is 0 Å². The molecule has 1 heterocycles. The van der Waals surface area contributed by atoms with Crippen LogP contribution < -0.4 is 16.0 Å². The number of carboxylic acid groups (broad SMARTS) is 2. The predicted octanol–water partition coefficient (Wildman–Crippen LogP) is 2.73. The fourth-order valence-electron chi connectivity index (χ4n) is 8.98. The minimum absolute atomic E-state index is 0.00177. The molecule has 0 bridgehead atoms. The summed E-state index contributed by atoms with van der Waals surface area (Å²) in [5, 5.41) is 27.1. The molecule has 374 valence electrons. The van der Waals surface area contributed by atoms with Gasteiger partial charge >= 0.3 is 11.9 Å². The van der Waals surface area contributed by atoms with Crippen LogP contribution in [0.25, 0.3) is 0 Å². The minimum atomic E-state index is -1.21. The maximum atomic E-state index is 14.5. The molecule has 1 aliphatic heterocycles. The van der Waals surface area contributed by atoms with Crippen molar-refractivity contribution >= 4 is 41.5 Å². The maximum Gasteiger partial charge on any atom is 0.317 e. The molecule has 5 N–H and O–H groups in total. The van der Waals surface area contributed by atoms with E-state index >= 15 is 0 Å². The Morgan fingerprint density at radius 3 is 1.92 bits per heavy atom. The van der Waals surface area contributed by atoms with Crippen molar-refractivity contribution in [1.29, 1.82) is 0 Å². The smallest absolute Gasteiger partial charge is 0.317 e. The second-order valence-electron chi connectivity index (χ2n) is 18.8. The molecule has 18 heteroatoms. The molecule has 0 unspecified atom stereocenters. The van der Waals surface area contributed by atoms with Crippen molar-refractivity contribution in [3.05, 3.63) is 35.9 Å². The van der Waals surface area contributed by atoms with E-state index in [1.807, 2.05) is 97.7 Å². The van der Waals surface area contributed by atoms with Crippen molar-refractivity contribution in [1.82, 2.24) is 35.6 Å². The molecule has 0 aromatic heterocycles. The molecule has 1 saturated heterocycles. The summed E-state index contributed by atoms with van der Waals surface area (Å²) in [6.07, 6.45) is 0.520. The highest BCUT2D eigenvalue weighted by atomic mass is 16.5. The summed E-state index contributed by atoms with van der Waals surface area (Å²) in [7, 11) is 6.62. The van der Waals surface area contributed by atoms with Crippen molar-refractivity contribution in [3.8, 4) is 0 Å². The minimum Gasteiger partial charge on any atom is -0.480 e. The van der Waals surface area contributed by atoms with Crippen LogP contribution in [-0.2, 0) is 49.5 Å². The molecule has 0 radical (unpaired) electrons. The number of carbonyl (C=O) groups excluding carboxylic acids is 5. The van der Waals surface area contributed by atoms with E-state index in [-0.39, 0.29) is 67.4 Å². The van der Waals surface area contributed by atoms with Gasteiger partial charge in [-0.2, -0.15) is 0 Å². The monoisotopic (exact) mass is 932 g/mol. The lowest BCUT2D eigenvalue weighted by Gasteiger charge is -2.41. The van der Waals surface area contributed by atoms with Gasteiger partial charge in [0.15, 0.2) is 0 Å². The van der Waals surface area contributed by atoms with Gasteiger partial charge in [0, 0.05) is 53.4 Å². The van der Waals surface area contributed by atoms with E-state index in [0.717, 1.165) is 5.56 Å². The number of aliphatic carboxylic acids is 2. The summed E-state index contributed by atoms with van der Waals surface area (Å²) in [5.74, 6) is -5.30. The van der Waals surface area contributed by atoms with Crippen LogP contribution in [-0.4, -0.2) is 181 Å². The molecule has 66 heavy (non-hydrogen) atoms.